The second kappa shape index (κ2) is 9.42. The summed E-state index contributed by atoms with van der Waals surface area (Å²) >= 11 is 1.06. The molecule has 0 unspecified atom stereocenters. The Balaban J connectivity index is 1.51. The van der Waals surface area contributed by atoms with E-state index in [9.17, 15) is 27.2 Å². The molecule has 2 aliphatic heterocycles. The molecule has 0 radical (unpaired) electrons. The number of hydrogen-bond acceptors (Lipinski definition) is 6. The predicted octanol–water partition coefficient (Wildman–Crippen LogP) is 4.25. The van der Waals surface area contributed by atoms with E-state index >= 15 is 0 Å². The van der Waals surface area contributed by atoms with Gasteiger partial charge in [0, 0.05) is 20.1 Å². The van der Waals surface area contributed by atoms with E-state index in [1.807, 2.05) is 0 Å². The zero-order chi connectivity index (χ0) is 25.3. The molecule has 0 N–H and O–H groups in total. The predicted molar refractivity (Wildman–Crippen MR) is 120 cm³/mol. The van der Waals surface area contributed by atoms with Crippen molar-refractivity contribution in [3.8, 4) is 17.6 Å². The molecular formula is C23H16F4N4O3S. The summed E-state index contributed by atoms with van der Waals surface area (Å²) < 4.78 is 59.9. The van der Waals surface area contributed by atoms with Crippen LogP contribution in [-0.2, 0) is 15.8 Å². The smallest absolute Gasteiger partial charge is 0.420 e. The third-order valence-corrected chi connectivity index (χ3v) is 6.27. The van der Waals surface area contributed by atoms with Crippen molar-refractivity contribution in [2.75, 3.05) is 26.7 Å². The van der Waals surface area contributed by atoms with Gasteiger partial charge < -0.3 is 14.5 Å². The van der Waals surface area contributed by atoms with Crippen molar-refractivity contribution in [2.24, 2.45) is 4.99 Å². The first-order valence-electron chi connectivity index (χ1n) is 10.2. The minimum absolute atomic E-state index is 0.0960. The van der Waals surface area contributed by atoms with Crippen LogP contribution in [-0.4, -0.2) is 53.5 Å². The van der Waals surface area contributed by atoms with Crippen LogP contribution < -0.4 is 4.74 Å². The molecule has 0 aliphatic carbocycles. The zero-order valence-corrected chi connectivity index (χ0v) is 18.9. The van der Waals surface area contributed by atoms with E-state index in [0.717, 1.165) is 36.0 Å². The Labute approximate surface area is 201 Å². The van der Waals surface area contributed by atoms with E-state index in [4.69, 9.17) is 10.00 Å². The lowest BCUT2D eigenvalue weighted by atomic mass is 10.1. The van der Waals surface area contributed by atoms with Crippen LogP contribution in [0.5, 0.6) is 11.5 Å². The van der Waals surface area contributed by atoms with Crippen molar-refractivity contribution >= 4 is 34.8 Å². The van der Waals surface area contributed by atoms with Gasteiger partial charge in [-0.1, -0.05) is 6.07 Å². The van der Waals surface area contributed by atoms with Gasteiger partial charge in [0.05, 0.1) is 28.6 Å². The molecule has 0 spiro atoms. The Kier molecular flexibility index (Phi) is 6.53. The van der Waals surface area contributed by atoms with Crippen molar-refractivity contribution in [3.05, 3.63) is 63.8 Å². The van der Waals surface area contributed by atoms with Gasteiger partial charge in [-0.3, -0.25) is 9.59 Å². The van der Waals surface area contributed by atoms with Gasteiger partial charge in [0.15, 0.2) is 16.7 Å². The van der Waals surface area contributed by atoms with Crippen molar-refractivity contribution < 1.29 is 31.9 Å². The van der Waals surface area contributed by atoms with Crippen LogP contribution in [0, 0.1) is 17.1 Å². The first-order chi connectivity index (χ1) is 16.5. The van der Waals surface area contributed by atoms with Gasteiger partial charge in [-0.05, 0) is 53.7 Å². The lowest BCUT2D eigenvalue weighted by Gasteiger charge is -2.32. The Morgan fingerprint density at radius 3 is 2.54 bits per heavy atom. The van der Waals surface area contributed by atoms with Crippen LogP contribution >= 0.6 is 11.8 Å². The summed E-state index contributed by atoms with van der Waals surface area (Å²) in [5, 5.41) is 9.23. The number of carbonyl (C=O) groups is 2. The van der Waals surface area contributed by atoms with Crippen LogP contribution in [0.25, 0.3) is 6.08 Å². The number of likely N-dealkylation sites (N-methyl/N-ethyl adjacent to an activating group) is 1. The van der Waals surface area contributed by atoms with Crippen LogP contribution in [0.1, 0.15) is 16.7 Å². The van der Waals surface area contributed by atoms with Gasteiger partial charge >= 0.3 is 6.18 Å². The van der Waals surface area contributed by atoms with E-state index < -0.39 is 35.0 Å². The summed E-state index contributed by atoms with van der Waals surface area (Å²) in [7, 11) is 1.69. The first kappa shape index (κ1) is 24.3. The first-order valence-corrected chi connectivity index (χ1v) is 11.0. The topological polar surface area (TPSA) is 86.0 Å². The number of amidine groups is 1. The summed E-state index contributed by atoms with van der Waals surface area (Å²) in [5.41, 5.74) is -1.15. The van der Waals surface area contributed by atoms with Crippen LogP contribution in [0.4, 0.5) is 17.6 Å². The zero-order valence-electron chi connectivity index (χ0n) is 18.1. The number of benzene rings is 2. The number of nitrogens with zero attached hydrogens (tertiary/aromatic N) is 4. The molecule has 7 nitrogen and oxygen atoms in total. The van der Waals surface area contributed by atoms with Crippen molar-refractivity contribution in [3.63, 3.8) is 0 Å². The quantitative estimate of drug-likeness (QED) is 0.459. The number of ether oxygens (including phenoxy) is 1. The van der Waals surface area contributed by atoms with Gasteiger partial charge in [0.1, 0.15) is 5.75 Å². The molecule has 2 aromatic carbocycles. The molecule has 2 aromatic rings. The Morgan fingerprint density at radius 2 is 1.89 bits per heavy atom. The van der Waals surface area contributed by atoms with Gasteiger partial charge in [0.2, 0.25) is 5.91 Å². The van der Waals surface area contributed by atoms with Gasteiger partial charge in [-0.15, -0.1) is 0 Å². The Hall–Kier alpha value is -3.85. The Morgan fingerprint density at radius 1 is 1.14 bits per heavy atom. The number of halogens is 4. The fourth-order valence-corrected chi connectivity index (χ4v) is 4.26. The number of hydrogen-bond donors (Lipinski definition) is 0. The highest BCUT2D eigenvalue weighted by atomic mass is 32.2. The minimum Gasteiger partial charge on any atom is -0.454 e. The molecule has 180 valence electrons. The van der Waals surface area contributed by atoms with Crippen LogP contribution in [0.15, 0.2) is 46.3 Å². The van der Waals surface area contributed by atoms with Gasteiger partial charge in [-0.25, -0.2) is 4.39 Å². The number of thioether (sulfide) groups is 1. The lowest BCUT2D eigenvalue weighted by molar-refractivity contribution is -0.138. The molecule has 2 amide bonds. The molecule has 35 heavy (non-hydrogen) atoms. The molecule has 1 fully saturated rings. The number of aliphatic imine (C=N–C) groups is 1. The Bertz CT molecular complexity index is 1320. The maximum atomic E-state index is 14.7. The maximum Gasteiger partial charge on any atom is 0.420 e. The molecule has 2 heterocycles. The molecule has 0 aromatic heterocycles. The highest BCUT2D eigenvalue weighted by Gasteiger charge is 2.35. The van der Waals surface area contributed by atoms with E-state index in [2.05, 4.69) is 4.99 Å². The number of nitriles is 1. The lowest BCUT2D eigenvalue weighted by Crippen LogP contribution is -2.49. The average Bonchev–Trinajstić information content (AvgIpc) is 3.17. The summed E-state index contributed by atoms with van der Waals surface area (Å²) in [6, 6.07) is 7.87. The van der Waals surface area contributed by atoms with Crippen LogP contribution in [0.2, 0.25) is 0 Å². The standard InChI is InChI=1S/C23H16F4N4O3S/c1-30-6-7-31(12-20(30)32)22-29-21(33)19(35-22)10-13-2-5-18(16(24)9-13)34-17-4-3-14(11-28)8-15(17)23(25,26)27/h2-5,8-10H,6-7,12H2,1H3/b19-10+. The highest BCUT2D eigenvalue weighted by molar-refractivity contribution is 8.18. The monoisotopic (exact) mass is 504 g/mol. The van der Waals surface area contributed by atoms with E-state index in [1.54, 1.807) is 22.9 Å². The molecule has 1 saturated heterocycles. The number of piperazine rings is 1. The fraction of sp³-hybridized carbons (Fsp3) is 0.217. The summed E-state index contributed by atoms with van der Waals surface area (Å²) in [6.45, 7) is 1.11. The summed E-state index contributed by atoms with van der Waals surface area (Å²) in [6.07, 6.45) is -3.41. The second-order valence-corrected chi connectivity index (χ2v) is 8.67. The number of amides is 2. The van der Waals surface area contributed by atoms with Crippen LogP contribution in [0.3, 0.4) is 0 Å². The SMILES string of the molecule is CN1CCN(C2=NC(=O)/C(=C\c3ccc(Oc4ccc(C#N)cc4C(F)(F)F)c(F)c3)S2)CC1=O. The molecular weight excluding hydrogens is 488 g/mol. The summed E-state index contributed by atoms with van der Waals surface area (Å²) in [5.74, 6) is -2.69. The third-order valence-electron chi connectivity index (χ3n) is 5.22. The fourth-order valence-electron chi connectivity index (χ4n) is 3.32. The molecule has 0 saturated carbocycles. The highest BCUT2D eigenvalue weighted by Crippen LogP contribution is 2.39. The summed E-state index contributed by atoms with van der Waals surface area (Å²) in [4.78, 5) is 31.7. The largest absolute Gasteiger partial charge is 0.454 e. The number of carbonyl (C=O) groups excluding carboxylic acids is 2. The molecule has 12 heteroatoms. The second-order valence-electron chi connectivity index (χ2n) is 7.66. The van der Waals surface area contributed by atoms with Crippen molar-refractivity contribution in [1.82, 2.24) is 9.80 Å². The number of rotatable bonds is 3. The van der Waals surface area contributed by atoms with E-state index in [-0.39, 0.29) is 28.5 Å². The average molecular weight is 504 g/mol. The molecule has 0 bridgehead atoms. The minimum atomic E-state index is -4.81. The van der Waals surface area contributed by atoms with Crippen molar-refractivity contribution in [1.29, 1.82) is 5.26 Å². The van der Waals surface area contributed by atoms with Crippen molar-refractivity contribution in [2.45, 2.75) is 6.18 Å². The molecule has 0 atom stereocenters. The molecule has 4 rings (SSSR count). The maximum absolute atomic E-state index is 14.7. The normalized spacial score (nSPS) is 17.6. The van der Waals surface area contributed by atoms with Gasteiger partial charge in [-0.2, -0.15) is 23.4 Å². The van der Waals surface area contributed by atoms with E-state index in [1.165, 1.54) is 12.1 Å². The number of alkyl halides is 3. The third kappa shape index (κ3) is 5.30. The van der Waals surface area contributed by atoms with Gasteiger partial charge in [0.25, 0.3) is 5.91 Å². The van der Waals surface area contributed by atoms with E-state index in [0.29, 0.717) is 24.3 Å². The molecule has 2 aliphatic rings.